The summed E-state index contributed by atoms with van der Waals surface area (Å²) >= 11 is 0. The third-order valence-corrected chi connectivity index (χ3v) is 9.18. The highest BCUT2D eigenvalue weighted by molar-refractivity contribution is 5.82. The average Bonchev–Trinajstić information content (AvgIpc) is 3.20. The Balaban J connectivity index is 1.43. The maximum Gasteiger partial charge on any atom is 0.240 e. The van der Waals surface area contributed by atoms with Crippen LogP contribution in [0.1, 0.15) is 45.6 Å². The van der Waals surface area contributed by atoms with Gasteiger partial charge in [-0.05, 0) is 80.8 Å². The number of nitrogens with zero attached hydrogens (tertiary/aromatic N) is 2. The average molecular weight is 503 g/mol. The van der Waals surface area contributed by atoms with E-state index in [9.17, 15) is 15.0 Å². The molecule has 5 rings (SSSR count). The highest BCUT2D eigenvalue weighted by atomic mass is 16.7. The fourth-order valence-electron chi connectivity index (χ4n) is 6.78. The second-order valence-electron chi connectivity index (χ2n) is 12.0. The molecular formula is C28H46N4O4. The normalized spacial score (nSPS) is 33.4. The number of hydroxylamine groups is 2. The van der Waals surface area contributed by atoms with Crippen LogP contribution in [0.2, 0.25) is 0 Å². The molecule has 36 heavy (non-hydrogen) atoms. The minimum atomic E-state index is -0.651. The molecule has 1 aromatic rings. The quantitative estimate of drug-likeness (QED) is 0.345. The molecule has 0 radical (unpaired) electrons. The Labute approximate surface area is 216 Å². The van der Waals surface area contributed by atoms with Crippen LogP contribution in [0.25, 0.3) is 0 Å². The molecule has 4 fully saturated rings. The molecule has 4 N–H and O–H groups in total. The van der Waals surface area contributed by atoms with Crippen LogP contribution < -0.4 is 10.6 Å². The Morgan fingerprint density at radius 1 is 1.22 bits per heavy atom. The van der Waals surface area contributed by atoms with E-state index >= 15 is 0 Å². The summed E-state index contributed by atoms with van der Waals surface area (Å²) in [5.41, 5.74) is 2.39. The Bertz CT molecular complexity index is 894. The molecule has 8 heteroatoms. The van der Waals surface area contributed by atoms with Crippen molar-refractivity contribution in [1.29, 1.82) is 0 Å². The van der Waals surface area contributed by atoms with Crippen molar-refractivity contribution in [2.24, 2.45) is 29.1 Å². The van der Waals surface area contributed by atoms with E-state index < -0.39 is 18.1 Å². The Morgan fingerprint density at radius 3 is 2.64 bits per heavy atom. The molecule has 2 bridgehead atoms. The maximum absolute atomic E-state index is 13.6. The molecule has 1 aromatic carbocycles. The van der Waals surface area contributed by atoms with Crippen molar-refractivity contribution in [3.05, 3.63) is 29.8 Å². The lowest BCUT2D eigenvalue weighted by Crippen LogP contribution is -2.62. The number of aliphatic hydroxyl groups excluding tert-OH is 2. The first-order chi connectivity index (χ1) is 17.1. The predicted octanol–water partition coefficient (Wildman–Crippen LogP) is 2.32. The molecule has 1 saturated heterocycles. The predicted molar refractivity (Wildman–Crippen MR) is 141 cm³/mol. The van der Waals surface area contributed by atoms with Crippen LogP contribution in [0.15, 0.2) is 24.3 Å². The highest BCUT2D eigenvalue weighted by Crippen LogP contribution is 2.61. The summed E-state index contributed by atoms with van der Waals surface area (Å²) < 4.78 is 0. The minimum absolute atomic E-state index is 0.112. The number of fused-ring (bicyclic) bond motifs is 2. The molecule has 0 spiro atoms. The molecule has 1 aliphatic heterocycles. The summed E-state index contributed by atoms with van der Waals surface area (Å²) in [5.74, 6) is 1.10. The lowest BCUT2D eigenvalue weighted by atomic mass is 9.45. The summed E-state index contributed by atoms with van der Waals surface area (Å²) in [4.78, 5) is 21.8. The number of nitrogens with one attached hydrogen (secondary N) is 2. The van der Waals surface area contributed by atoms with Crippen molar-refractivity contribution in [2.75, 3.05) is 45.7 Å². The highest BCUT2D eigenvalue weighted by Gasteiger charge is 2.57. The fraction of sp³-hybridized carbons (Fsp3) is 0.750. The summed E-state index contributed by atoms with van der Waals surface area (Å²) in [6.07, 6.45) is 2.70. The summed E-state index contributed by atoms with van der Waals surface area (Å²) in [7, 11) is 4.14. The van der Waals surface area contributed by atoms with Gasteiger partial charge in [-0.1, -0.05) is 32.9 Å². The van der Waals surface area contributed by atoms with Crippen LogP contribution in [0.4, 0.5) is 5.69 Å². The number of hydrogen-bond acceptors (Lipinski definition) is 7. The van der Waals surface area contributed by atoms with Crippen LogP contribution in [0.3, 0.4) is 0 Å². The molecule has 3 aliphatic carbocycles. The lowest BCUT2D eigenvalue weighted by Gasteiger charge is -2.62. The summed E-state index contributed by atoms with van der Waals surface area (Å²) in [5, 5.41) is 28.5. The fourth-order valence-corrected chi connectivity index (χ4v) is 6.78. The number of rotatable bonds is 11. The van der Waals surface area contributed by atoms with E-state index in [1.165, 1.54) is 6.42 Å². The van der Waals surface area contributed by atoms with E-state index in [-0.39, 0.29) is 25.2 Å². The van der Waals surface area contributed by atoms with Crippen molar-refractivity contribution in [2.45, 2.75) is 64.8 Å². The smallest absolute Gasteiger partial charge is 0.240 e. The number of carbonyl (C=O) groups excluding carboxylic acids is 1. The van der Waals surface area contributed by atoms with Gasteiger partial charge in [0.2, 0.25) is 5.91 Å². The molecule has 1 amide bonds. The standard InChI is InChI=1S/C28H46N4O4/c1-18-23-13-20(28(23,2)3)14-24(18)30-27(35)26-22(16-33)25(17-34)36-32(26)15-19-8-6-9-21(12-19)29-10-7-11-31(4)5/h6,8-9,12,18,20,22-26,29,33-34H,7,10-11,13-17H2,1-5H3,(H,30,35)/t18-,20-,22+,23+,24-,25-,26-/m0/s1. The van der Waals surface area contributed by atoms with Crippen LogP contribution in [-0.2, 0) is 16.2 Å². The number of aliphatic hydroxyl groups is 2. The van der Waals surface area contributed by atoms with Crippen LogP contribution in [0.5, 0.6) is 0 Å². The number of benzene rings is 1. The van der Waals surface area contributed by atoms with Crippen LogP contribution >= 0.6 is 0 Å². The van der Waals surface area contributed by atoms with E-state index in [0.29, 0.717) is 29.7 Å². The Hall–Kier alpha value is -1.71. The monoisotopic (exact) mass is 502 g/mol. The van der Waals surface area contributed by atoms with Crippen molar-refractivity contribution < 1.29 is 19.8 Å². The second-order valence-corrected chi connectivity index (χ2v) is 12.0. The van der Waals surface area contributed by atoms with Gasteiger partial charge >= 0.3 is 0 Å². The van der Waals surface area contributed by atoms with Crippen molar-refractivity contribution in [3.8, 4) is 0 Å². The van der Waals surface area contributed by atoms with Gasteiger partial charge in [0.25, 0.3) is 0 Å². The van der Waals surface area contributed by atoms with E-state index in [4.69, 9.17) is 4.84 Å². The van der Waals surface area contributed by atoms with Crippen molar-refractivity contribution in [1.82, 2.24) is 15.3 Å². The van der Waals surface area contributed by atoms with Crippen molar-refractivity contribution >= 4 is 11.6 Å². The first-order valence-electron chi connectivity index (χ1n) is 13.6. The molecule has 3 saturated carbocycles. The second kappa shape index (κ2) is 11.4. The number of carbonyl (C=O) groups is 1. The third kappa shape index (κ3) is 5.58. The Morgan fingerprint density at radius 2 is 2.00 bits per heavy atom. The molecular weight excluding hydrogens is 456 g/mol. The summed E-state index contributed by atoms with van der Waals surface area (Å²) in [6.45, 7) is 8.81. The van der Waals surface area contributed by atoms with E-state index in [1.807, 2.05) is 18.2 Å². The molecule has 0 unspecified atom stereocenters. The van der Waals surface area contributed by atoms with Crippen LogP contribution in [-0.4, -0.2) is 84.7 Å². The first kappa shape index (κ1) is 27.3. The van der Waals surface area contributed by atoms with Gasteiger partial charge in [-0.2, -0.15) is 5.06 Å². The van der Waals surface area contributed by atoms with Crippen molar-refractivity contribution in [3.63, 3.8) is 0 Å². The summed E-state index contributed by atoms with van der Waals surface area (Å²) in [6, 6.07) is 7.62. The molecule has 1 heterocycles. The zero-order valence-corrected chi connectivity index (χ0v) is 22.6. The zero-order valence-electron chi connectivity index (χ0n) is 22.6. The number of amides is 1. The minimum Gasteiger partial charge on any atom is -0.396 e. The van der Waals surface area contributed by atoms with Gasteiger partial charge in [0.1, 0.15) is 12.1 Å². The van der Waals surface area contributed by atoms with E-state index in [2.05, 4.69) is 56.5 Å². The third-order valence-electron chi connectivity index (χ3n) is 9.18. The molecule has 202 valence electrons. The van der Waals surface area contributed by atoms with Gasteiger partial charge in [0, 0.05) is 24.2 Å². The topological polar surface area (TPSA) is 97.3 Å². The number of anilines is 1. The van der Waals surface area contributed by atoms with Gasteiger partial charge in [-0.15, -0.1) is 0 Å². The van der Waals surface area contributed by atoms with E-state index in [1.54, 1.807) is 5.06 Å². The first-order valence-corrected chi connectivity index (χ1v) is 13.6. The van der Waals surface area contributed by atoms with Gasteiger partial charge in [-0.25, -0.2) is 0 Å². The SMILES string of the molecule is C[C@@H]1[C@@H](NC(=O)[C@@H]2[C@H](CO)[C@H](CO)ON2Cc2cccc(NCCCN(C)C)c2)C[C@@H]2C[C@H]1C2(C)C. The van der Waals surface area contributed by atoms with E-state index in [0.717, 1.165) is 37.2 Å². The Kier molecular flexibility index (Phi) is 8.62. The van der Waals surface area contributed by atoms with Crippen LogP contribution in [0, 0.1) is 29.1 Å². The molecule has 4 aliphatic rings. The largest absolute Gasteiger partial charge is 0.396 e. The number of hydrogen-bond donors (Lipinski definition) is 4. The molecule has 7 atom stereocenters. The molecule has 8 nitrogen and oxygen atoms in total. The maximum atomic E-state index is 13.6. The van der Waals surface area contributed by atoms with Gasteiger partial charge in [0.15, 0.2) is 0 Å². The molecule has 0 aromatic heterocycles. The zero-order chi connectivity index (χ0) is 26.0. The lowest BCUT2D eigenvalue weighted by molar-refractivity contribution is -0.183. The van der Waals surface area contributed by atoms with Gasteiger partial charge in [0.05, 0.1) is 19.8 Å². The van der Waals surface area contributed by atoms with Gasteiger partial charge < -0.3 is 25.7 Å². The van der Waals surface area contributed by atoms with Gasteiger partial charge in [-0.3, -0.25) is 9.63 Å².